The van der Waals surface area contributed by atoms with Crippen LogP contribution in [0.5, 0.6) is 0 Å². The molecule has 0 fully saturated rings. The van der Waals surface area contributed by atoms with Crippen LogP contribution in [-0.4, -0.2) is 29.1 Å². The highest BCUT2D eigenvalue weighted by Gasteiger charge is 2.21. The van der Waals surface area contributed by atoms with Crippen LogP contribution in [0.2, 0.25) is 5.02 Å². The minimum absolute atomic E-state index is 0.0501. The summed E-state index contributed by atoms with van der Waals surface area (Å²) in [6.45, 7) is 3.78. The van der Waals surface area contributed by atoms with Crippen molar-refractivity contribution in [2.75, 3.05) is 7.05 Å². The van der Waals surface area contributed by atoms with Crippen LogP contribution >= 0.6 is 11.6 Å². The van der Waals surface area contributed by atoms with Crippen molar-refractivity contribution < 1.29 is 9.32 Å². The molecule has 1 aromatic carbocycles. The van der Waals surface area contributed by atoms with E-state index in [2.05, 4.69) is 5.16 Å². The number of hydrogen-bond acceptors (Lipinski definition) is 3. The Morgan fingerprint density at radius 3 is 2.60 bits per heavy atom. The third kappa shape index (κ3) is 3.39. The van der Waals surface area contributed by atoms with Crippen molar-refractivity contribution in [2.24, 2.45) is 0 Å². The van der Waals surface area contributed by atoms with Crippen LogP contribution in [-0.2, 0) is 6.42 Å². The molecular formula is C15H17ClN2O2. The molecule has 20 heavy (non-hydrogen) atoms. The lowest BCUT2D eigenvalue weighted by Crippen LogP contribution is -2.36. The summed E-state index contributed by atoms with van der Waals surface area (Å²) >= 11 is 5.86. The summed E-state index contributed by atoms with van der Waals surface area (Å²) < 4.78 is 5.00. The predicted molar refractivity (Wildman–Crippen MR) is 78.0 cm³/mol. The van der Waals surface area contributed by atoms with Crippen LogP contribution < -0.4 is 0 Å². The van der Waals surface area contributed by atoms with Gasteiger partial charge in [-0.15, -0.1) is 0 Å². The molecule has 0 saturated carbocycles. The molecule has 0 aliphatic carbocycles. The molecule has 0 aliphatic rings. The Labute approximate surface area is 123 Å². The topological polar surface area (TPSA) is 46.3 Å². The van der Waals surface area contributed by atoms with Crippen molar-refractivity contribution in [1.29, 1.82) is 0 Å². The number of amides is 1. The van der Waals surface area contributed by atoms with Crippen molar-refractivity contribution >= 4 is 17.5 Å². The Morgan fingerprint density at radius 2 is 2.05 bits per heavy atom. The number of carbonyl (C=O) groups excluding carboxylic acids is 1. The highest BCUT2D eigenvalue weighted by Crippen LogP contribution is 2.14. The molecule has 1 unspecified atom stereocenters. The summed E-state index contributed by atoms with van der Waals surface area (Å²) in [6.07, 6.45) is 0.756. The maximum atomic E-state index is 12.2. The third-order valence-corrected chi connectivity index (χ3v) is 3.52. The van der Waals surface area contributed by atoms with E-state index >= 15 is 0 Å². The molecule has 0 saturated heterocycles. The lowest BCUT2D eigenvalue weighted by atomic mass is 10.1. The third-order valence-electron chi connectivity index (χ3n) is 3.26. The number of halogens is 1. The van der Waals surface area contributed by atoms with E-state index in [-0.39, 0.29) is 17.7 Å². The number of nitrogens with zero attached hydrogens (tertiary/aromatic N) is 2. The summed E-state index contributed by atoms with van der Waals surface area (Å²) in [5, 5.41) is 4.45. The largest absolute Gasteiger partial charge is 0.351 e. The van der Waals surface area contributed by atoms with Crippen LogP contribution in [0, 0.1) is 6.92 Å². The second kappa shape index (κ2) is 6.09. The Balaban J connectivity index is 2.03. The minimum atomic E-state index is -0.160. The maximum absolute atomic E-state index is 12.2. The van der Waals surface area contributed by atoms with Gasteiger partial charge in [-0.2, -0.15) is 0 Å². The molecule has 0 bridgehead atoms. The fourth-order valence-electron chi connectivity index (χ4n) is 1.94. The van der Waals surface area contributed by atoms with Gasteiger partial charge in [-0.3, -0.25) is 4.79 Å². The van der Waals surface area contributed by atoms with Gasteiger partial charge >= 0.3 is 0 Å². The van der Waals surface area contributed by atoms with E-state index in [0.717, 1.165) is 12.0 Å². The zero-order chi connectivity index (χ0) is 14.7. The van der Waals surface area contributed by atoms with E-state index in [4.69, 9.17) is 16.1 Å². The van der Waals surface area contributed by atoms with Crippen LogP contribution in [0.1, 0.15) is 28.7 Å². The molecule has 1 aromatic heterocycles. The lowest BCUT2D eigenvalue weighted by Gasteiger charge is -2.23. The van der Waals surface area contributed by atoms with Gasteiger partial charge in [0, 0.05) is 24.2 Å². The first-order valence-electron chi connectivity index (χ1n) is 6.42. The van der Waals surface area contributed by atoms with E-state index in [1.54, 1.807) is 24.9 Å². The molecule has 106 valence electrons. The zero-order valence-electron chi connectivity index (χ0n) is 11.8. The molecule has 5 heteroatoms. The van der Waals surface area contributed by atoms with Crippen molar-refractivity contribution in [1.82, 2.24) is 10.1 Å². The monoisotopic (exact) mass is 292 g/mol. The van der Waals surface area contributed by atoms with Crippen LogP contribution in [0.3, 0.4) is 0 Å². The van der Waals surface area contributed by atoms with Gasteiger partial charge in [-0.1, -0.05) is 28.9 Å². The zero-order valence-corrected chi connectivity index (χ0v) is 12.5. The molecule has 1 amide bonds. The summed E-state index contributed by atoms with van der Waals surface area (Å²) in [5.74, 6) is 0.111. The van der Waals surface area contributed by atoms with Crippen molar-refractivity contribution in [2.45, 2.75) is 26.3 Å². The summed E-state index contributed by atoms with van der Waals surface area (Å²) in [6, 6.07) is 9.34. The number of aryl methyl sites for hydroxylation is 1. The molecule has 2 rings (SSSR count). The lowest BCUT2D eigenvalue weighted by molar-refractivity contribution is 0.0701. The standard InChI is InChI=1S/C15H17ClN2O2/c1-10-8-14(20-17-10)15(19)18(3)11(2)9-12-4-6-13(16)7-5-12/h4-8,11H,9H2,1-3H3. The van der Waals surface area contributed by atoms with Crippen LogP contribution in [0.25, 0.3) is 0 Å². The van der Waals surface area contributed by atoms with Gasteiger partial charge in [-0.25, -0.2) is 0 Å². The highest BCUT2D eigenvalue weighted by atomic mass is 35.5. The highest BCUT2D eigenvalue weighted by molar-refractivity contribution is 6.30. The quantitative estimate of drug-likeness (QED) is 0.868. The fraction of sp³-hybridized carbons (Fsp3) is 0.333. The van der Waals surface area contributed by atoms with E-state index in [1.807, 2.05) is 31.2 Å². The molecule has 1 heterocycles. The van der Waals surface area contributed by atoms with Crippen LogP contribution in [0.15, 0.2) is 34.9 Å². The van der Waals surface area contributed by atoms with E-state index in [0.29, 0.717) is 10.7 Å². The first-order chi connectivity index (χ1) is 9.47. The number of benzene rings is 1. The number of hydrogen-bond donors (Lipinski definition) is 0. The Hall–Kier alpha value is -1.81. The normalized spacial score (nSPS) is 12.2. The van der Waals surface area contributed by atoms with E-state index < -0.39 is 0 Å². The average molecular weight is 293 g/mol. The molecule has 4 nitrogen and oxygen atoms in total. The van der Waals surface area contributed by atoms with Crippen LogP contribution in [0.4, 0.5) is 0 Å². The predicted octanol–water partition coefficient (Wildman–Crippen LogP) is 3.34. The molecular weight excluding hydrogens is 276 g/mol. The summed E-state index contributed by atoms with van der Waals surface area (Å²) in [7, 11) is 1.76. The summed E-state index contributed by atoms with van der Waals surface area (Å²) in [5.41, 5.74) is 1.84. The summed E-state index contributed by atoms with van der Waals surface area (Å²) in [4.78, 5) is 13.9. The van der Waals surface area contributed by atoms with Gasteiger partial charge in [0.1, 0.15) is 0 Å². The van der Waals surface area contributed by atoms with E-state index in [9.17, 15) is 4.79 Å². The Morgan fingerprint density at radius 1 is 1.40 bits per heavy atom. The average Bonchev–Trinajstić information content (AvgIpc) is 2.86. The van der Waals surface area contributed by atoms with Crippen molar-refractivity contribution in [3.8, 4) is 0 Å². The minimum Gasteiger partial charge on any atom is -0.351 e. The van der Waals surface area contributed by atoms with Crippen molar-refractivity contribution in [3.05, 3.63) is 52.4 Å². The molecule has 2 aromatic rings. The Bertz CT molecular complexity index is 592. The van der Waals surface area contributed by atoms with Gasteiger partial charge in [0.05, 0.1) is 5.69 Å². The smallest absolute Gasteiger partial charge is 0.292 e. The number of rotatable bonds is 4. The molecule has 0 aliphatic heterocycles. The van der Waals surface area contributed by atoms with Gasteiger partial charge in [0.25, 0.3) is 5.91 Å². The number of aromatic nitrogens is 1. The molecule has 1 atom stereocenters. The van der Waals surface area contributed by atoms with Gasteiger partial charge in [0.15, 0.2) is 0 Å². The number of likely N-dealkylation sites (N-methyl/N-ethyl adjacent to an activating group) is 1. The second-order valence-electron chi connectivity index (χ2n) is 4.93. The van der Waals surface area contributed by atoms with Gasteiger partial charge in [-0.05, 0) is 38.0 Å². The first kappa shape index (κ1) is 14.6. The maximum Gasteiger partial charge on any atom is 0.292 e. The van der Waals surface area contributed by atoms with E-state index in [1.165, 1.54) is 0 Å². The van der Waals surface area contributed by atoms with Gasteiger partial charge in [0.2, 0.25) is 5.76 Å². The molecule has 0 spiro atoms. The van der Waals surface area contributed by atoms with Gasteiger partial charge < -0.3 is 9.42 Å². The second-order valence-corrected chi connectivity index (χ2v) is 5.36. The molecule has 0 radical (unpaired) electrons. The molecule has 0 N–H and O–H groups in total. The number of carbonyl (C=O) groups is 1. The fourth-order valence-corrected chi connectivity index (χ4v) is 2.06. The van der Waals surface area contributed by atoms with Crippen molar-refractivity contribution in [3.63, 3.8) is 0 Å². The Kier molecular flexibility index (Phi) is 4.45. The first-order valence-corrected chi connectivity index (χ1v) is 6.80. The SMILES string of the molecule is Cc1cc(C(=O)N(C)C(C)Cc2ccc(Cl)cc2)on1.